The number of nitrogens with zero attached hydrogens (tertiary/aromatic N) is 4. The van der Waals surface area contributed by atoms with Crippen molar-refractivity contribution >= 4 is 17.4 Å². The Kier molecular flexibility index (Phi) is 6.25. The quantitative estimate of drug-likeness (QED) is 0.808. The van der Waals surface area contributed by atoms with E-state index in [4.69, 9.17) is 0 Å². The van der Waals surface area contributed by atoms with Gasteiger partial charge >= 0.3 is 12.2 Å². The van der Waals surface area contributed by atoms with E-state index in [-0.39, 0.29) is 0 Å². The zero-order valence-electron chi connectivity index (χ0n) is 15.0. The van der Waals surface area contributed by atoms with Crippen molar-refractivity contribution in [2.45, 2.75) is 13.1 Å². The van der Waals surface area contributed by atoms with Crippen LogP contribution in [-0.2, 0) is 6.18 Å². The first-order chi connectivity index (χ1) is 12.1. The molecule has 5 nitrogen and oxygen atoms in total. The molecule has 0 saturated heterocycles. The standard InChI is InChI=1S/C17H21F3N4OS/c1-12-11-24(14-7-5-13(6-8-14)17(18,19)20)16(26-12)21-15(25)23(4)10-9-22(2)3/h5-8,11H,9-10H2,1-4H3/b21-16-. The summed E-state index contributed by atoms with van der Waals surface area (Å²) in [6.07, 6.45) is -2.63. The summed E-state index contributed by atoms with van der Waals surface area (Å²) in [5.74, 6) is 0. The molecule has 0 atom stereocenters. The minimum Gasteiger partial charge on any atom is -0.325 e. The van der Waals surface area contributed by atoms with Crippen molar-refractivity contribution in [3.05, 3.63) is 45.7 Å². The van der Waals surface area contributed by atoms with Crippen molar-refractivity contribution in [3.8, 4) is 5.69 Å². The van der Waals surface area contributed by atoms with Crippen LogP contribution in [0, 0.1) is 6.92 Å². The van der Waals surface area contributed by atoms with Crippen LogP contribution in [0.1, 0.15) is 10.4 Å². The molecule has 2 rings (SSSR count). The molecule has 0 aliphatic rings. The van der Waals surface area contributed by atoms with E-state index in [1.165, 1.54) is 28.4 Å². The van der Waals surface area contributed by atoms with Crippen molar-refractivity contribution in [2.75, 3.05) is 34.2 Å². The lowest BCUT2D eigenvalue weighted by molar-refractivity contribution is -0.137. The number of aryl methyl sites for hydroxylation is 1. The molecule has 0 bridgehead atoms. The molecule has 0 spiro atoms. The third-order valence-corrected chi connectivity index (χ3v) is 4.54. The molecule has 0 N–H and O–H groups in total. The van der Waals surface area contributed by atoms with Gasteiger partial charge in [0.2, 0.25) is 0 Å². The number of alkyl halides is 3. The number of aromatic nitrogens is 1. The van der Waals surface area contributed by atoms with Gasteiger partial charge in [-0.2, -0.15) is 18.2 Å². The van der Waals surface area contributed by atoms with Crippen LogP contribution in [0.2, 0.25) is 0 Å². The molecule has 1 aromatic carbocycles. The average Bonchev–Trinajstić information content (AvgIpc) is 2.92. The van der Waals surface area contributed by atoms with E-state index in [2.05, 4.69) is 4.99 Å². The summed E-state index contributed by atoms with van der Waals surface area (Å²) in [5.41, 5.74) is -0.198. The highest BCUT2D eigenvalue weighted by Crippen LogP contribution is 2.29. The van der Waals surface area contributed by atoms with E-state index in [9.17, 15) is 18.0 Å². The normalized spacial score (nSPS) is 12.7. The van der Waals surface area contributed by atoms with Crippen LogP contribution >= 0.6 is 11.3 Å². The highest BCUT2D eigenvalue weighted by atomic mass is 32.1. The number of urea groups is 1. The lowest BCUT2D eigenvalue weighted by Crippen LogP contribution is -2.33. The number of benzene rings is 1. The molecule has 142 valence electrons. The summed E-state index contributed by atoms with van der Waals surface area (Å²) in [6, 6.07) is 4.38. The number of carbonyl (C=O) groups is 1. The summed E-state index contributed by atoms with van der Waals surface area (Å²) in [7, 11) is 5.49. The molecular formula is C17H21F3N4OS. The fraction of sp³-hybridized carbons (Fsp3) is 0.412. The van der Waals surface area contributed by atoms with Gasteiger partial charge in [0.05, 0.1) is 5.56 Å². The number of hydrogen-bond donors (Lipinski definition) is 0. The zero-order valence-corrected chi connectivity index (χ0v) is 15.9. The molecule has 0 aliphatic heterocycles. The first kappa shape index (κ1) is 20.2. The predicted molar refractivity (Wildman–Crippen MR) is 95.5 cm³/mol. The van der Waals surface area contributed by atoms with E-state index >= 15 is 0 Å². The molecule has 0 aliphatic carbocycles. The molecule has 1 heterocycles. The van der Waals surface area contributed by atoms with Crippen LogP contribution in [0.25, 0.3) is 5.69 Å². The van der Waals surface area contributed by atoms with Gasteiger partial charge in [-0.1, -0.05) is 0 Å². The summed E-state index contributed by atoms with van der Waals surface area (Å²) < 4.78 is 39.8. The second-order valence-corrected chi connectivity index (χ2v) is 7.37. The number of carbonyl (C=O) groups excluding carboxylic acids is 1. The van der Waals surface area contributed by atoms with Crippen LogP contribution in [0.15, 0.2) is 35.5 Å². The third kappa shape index (κ3) is 5.18. The summed E-state index contributed by atoms with van der Waals surface area (Å²) >= 11 is 1.31. The van der Waals surface area contributed by atoms with E-state index in [0.29, 0.717) is 23.6 Å². The lowest BCUT2D eigenvalue weighted by atomic mass is 10.2. The number of thiazole rings is 1. The highest BCUT2D eigenvalue weighted by molar-refractivity contribution is 7.09. The van der Waals surface area contributed by atoms with Gasteiger partial charge in [0.15, 0.2) is 4.80 Å². The van der Waals surface area contributed by atoms with Gasteiger partial charge in [-0.25, -0.2) is 4.79 Å². The summed E-state index contributed by atoms with van der Waals surface area (Å²) in [6.45, 7) is 3.09. The molecular weight excluding hydrogens is 365 g/mol. The maximum Gasteiger partial charge on any atom is 0.416 e. The molecule has 26 heavy (non-hydrogen) atoms. The van der Waals surface area contributed by atoms with Gasteiger partial charge in [-0.05, 0) is 45.3 Å². The molecule has 0 saturated carbocycles. The molecule has 0 fully saturated rings. The Bertz CT molecular complexity index is 822. The highest BCUT2D eigenvalue weighted by Gasteiger charge is 2.30. The Morgan fingerprint density at radius 3 is 2.31 bits per heavy atom. The van der Waals surface area contributed by atoms with Crippen LogP contribution in [0.4, 0.5) is 18.0 Å². The third-order valence-electron chi connectivity index (χ3n) is 3.64. The van der Waals surface area contributed by atoms with Gasteiger partial charge in [0.1, 0.15) is 0 Å². The fourth-order valence-corrected chi connectivity index (χ4v) is 2.97. The van der Waals surface area contributed by atoms with Crippen LogP contribution in [0.5, 0.6) is 0 Å². The lowest BCUT2D eigenvalue weighted by Gasteiger charge is -2.17. The first-order valence-electron chi connectivity index (χ1n) is 7.89. The number of rotatable bonds is 4. The molecule has 9 heteroatoms. The monoisotopic (exact) mass is 386 g/mol. The summed E-state index contributed by atoms with van der Waals surface area (Å²) in [5, 5.41) is 0. The van der Waals surface area contributed by atoms with Crippen molar-refractivity contribution in [3.63, 3.8) is 0 Å². The minimum absolute atomic E-state index is 0.394. The molecule has 1 aromatic heterocycles. The molecule has 0 unspecified atom stereocenters. The summed E-state index contributed by atoms with van der Waals surface area (Å²) in [4.78, 5) is 21.2. The van der Waals surface area contributed by atoms with Crippen molar-refractivity contribution in [1.82, 2.24) is 14.4 Å². The fourth-order valence-electron chi connectivity index (χ4n) is 2.14. The maximum absolute atomic E-state index is 12.7. The Morgan fingerprint density at radius 1 is 1.15 bits per heavy atom. The largest absolute Gasteiger partial charge is 0.416 e. The molecule has 0 radical (unpaired) electrons. The zero-order chi connectivity index (χ0) is 19.5. The molecule has 2 aromatic rings. The Balaban J connectivity index is 2.31. The maximum atomic E-state index is 12.7. The number of hydrogen-bond acceptors (Lipinski definition) is 3. The van der Waals surface area contributed by atoms with Gasteiger partial charge in [-0.3, -0.25) is 4.57 Å². The predicted octanol–water partition coefficient (Wildman–Crippen LogP) is 3.38. The topological polar surface area (TPSA) is 40.8 Å². The van der Waals surface area contributed by atoms with Crippen LogP contribution in [-0.4, -0.2) is 54.6 Å². The van der Waals surface area contributed by atoms with Gasteiger partial charge in [0.25, 0.3) is 0 Å². The van der Waals surface area contributed by atoms with Gasteiger partial charge < -0.3 is 9.80 Å². The Labute approximate surface area is 154 Å². The van der Waals surface area contributed by atoms with Crippen molar-refractivity contribution in [1.29, 1.82) is 0 Å². The second kappa shape index (κ2) is 8.05. The van der Waals surface area contributed by atoms with E-state index in [1.807, 2.05) is 25.9 Å². The van der Waals surface area contributed by atoms with E-state index in [1.54, 1.807) is 17.8 Å². The second-order valence-electron chi connectivity index (χ2n) is 6.16. The van der Waals surface area contributed by atoms with E-state index < -0.39 is 17.8 Å². The SMILES string of the molecule is Cc1cn(-c2ccc(C(F)(F)F)cc2)/c(=N/C(=O)N(C)CCN(C)C)s1. The van der Waals surface area contributed by atoms with Crippen LogP contribution in [0.3, 0.4) is 0 Å². The number of likely N-dealkylation sites (N-methyl/N-ethyl adjacent to an activating group) is 2. The van der Waals surface area contributed by atoms with Crippen LogP contribution < -0.4 is 4.80 Å². The van der Waals surface area contributed by atoms with E-state index in [0.717, 1.165) is 17.0 Å². The van der Waals surface area contributed by atoms with Gasteiger partial charge in [-0.15, -0.1) is 11.3 Å². The Morgan fingerprint density at radius 2 is 1.77 bits per heavy atom. The van der Waals surface area contributed by atoms with Gasteiger partial charge in [0, 0.05) is 36.9 Å². The first-order valence-corrected chi connectivity index (χ1v) is 8.71. The average molecular weight is 386 g/mol. The number of halogens is 3. The smallest absolute Gasteiger partial charge is 0.325 e. The Hall–Kier alpha value is -2.13. The molecule has 2 amide bonds. The minimum atomic E-state index is -4.38. The van der Waals surface area contributed by atoms with Crippen molar-refractivity contribution in [2.24, 2.45) is 4.99 Å². The number of amides is 2. The van der Waals surface area contributed by atoms with Crippen molar-refractivity contribution < 1.29 is 18.0 Å².